The molecule has 0 spiro atoms. The van der Waals surface area contributed by atoms with Crippen LogP contribution in [0, 0.1) is 5.41 Å². The Morgan fingerprint density at radius 1 is 1.50 bits per heavy atom. The highest BCUT2D eigenvalue weighted by Crippen LogP contribution is 2.32. The second-order valence-corrected chi connectivity index (χ2v) is 4.26. The maximum atomic E-state index is 11.6. The van der Waals surface area contributed by atoms with Crippen LogP contribution in [0.2, 0.25) is 0 Å². The molecule has 1 amide bonds. The van der Waals surface area contributed by atoms with E-state index in [1.54, 1.807) is 6.07 Å². The van der Waals surface area contributed by atoms with Crippen LogP contribution in [0.4, 0.5) is 11.6 Å². The zero-order chi connectivity index (χ0) is 10.3. The van der Waals surface area contributed by atoms with Crippen molar-refractivity contribution in [3.8, 4) is 0 Å². The summed E-state index contributed by atoms with van der Waals surface area (Å²) in [4.78, 5) is 15.7. The Bertz CT molecular complexity index is 398. The molecular formula is C10H13N3O. The van der Waals surface area contributed by atoms with Gasteiger partial charge in [-0.1, -0.05) is 19.9 Å². The van der Waals surface area contributed by atoms with E-state index in [0.717, 1.165) is 5.56 Å². The maximum absolute atomic E-state index is 11.6. The highest BCUT2D eigenvalue weighted by atomic mass is 16.2. The first-order valence-corrected chi connectivity index (χ1v) is 4.56. The highest BCUT2D eigenvalue weighted by molar-refractivity contribution is 5.97. The largest absolute Gasteiger partial charge is 0.384 e. The minimum Gasteiger partial charge on any atom is -0.384 e. The van der Waals surface area contributed by atoms with Gasteiger partial charge in [-0.25, -0.2) is 4.98 Å². The van der Waals surface area contributed by atoms with Crippen molar-refractivity contribution in [1.82, 2.24) is 4.98 Å². The Kier molecular flexibility index (Phi) is 1.74. The van der Waals surface area contributed by atoms with Crippen molar-refractivity contribution < 1.29 is 4.79 Å². The van der Waals surface area contributed by atoms with E-state index in [4.69, 9.17) is 5.73 Å². The molecule has 2 heterocycles. The van der Waals surface area contributed by atoms with Gasteiger partial charge in [-0.05, 0) is 18.1 Å². The zero-order valence-corrected chi connectivity index (χ0v) is 8.29. The van der Waals surface area contributed by atoms with Gasteiger partial charge in [0.2, 0.25) is 5.91 Å². The summed E-state index contributed by atoms with van der Waals surface area (Å²) in [6, 6.07) is 3.67. The van der Waals surface area contributed by atoms with E-state index in [-0.39, 0.29) is 11.3 Å². The molecule has 0 atom stereocenters. The van der Waals surface area contributed by atoms with Gasteiger partial charge in [0, 0.05) is 5.41 Å². The number of nitrogens with two attached hydrogens (primary N) is 1. The summed E-state index contributed by atoms with van der Waals surface area (Å²) in [6.45, 7) is 3.84. The third-order valence-corrected chi connectivity index (χ3v) is 2.48. The fourth-order valence-electron chi connectivity index (χ4n) is 1.59. The van der Waals surface area contributed by atoms with Crippen molar-refractivity contribution in [3.63, 3.8) is 0 Å². The number of hydrogen-bond acceptors (Lipinski definition) is 3. The van der Waals surface area contributed by atoms with Gasteiger partial charge in [-0.2, -0.15) is 0 Å². The third kappa shape index (κ3) is 1.32. The number of fused-ring (bicyclic) bond motifs is 1. The van der Waals surface area contributed by atoms with E-state index in [1.807, 2.05) is 19.9 Å². The Morgan fingerprint density at radius 2 is 2.21 bits per heavy atom. The Labute approximate surface area is 82.5 Å². The molecule has 0 aliphatic carbocycles. The van der Waals surface area contributed by atoms with Gasteiger partial charge >= 0.3 is 0 Å². The third-order valence-electron chi connectivity index (χ3n) is 2.48. The molecule has 0 saturated carbocycles. The number of nitrogens with zero attached hydrogens (tertiary/aromatic N) is 1. The van der Waals surface area contributed by atoms with E-state index in [0.29, 0.717) is 18.1 Å². The number of pyridine rings is 1. The lowest BCUT2D eigenvalue weighted by Gasteiger charge is -2.29. The zero-order valence-electron chi connectivity index (χ0n) is 8.29. The molecule has 14 heavy (non-hydrogen) atoms. The number of nitrogen functional groups attached to an aromatic ring is 1. The van der Waals surface area contributed by atoms with Gasteiger partial charge in [0.15, 0.2) is 0 Å². The molecule has 0 saturated heterocycles. The van der Waals surface area contributed by atoms with Crippen LogP contribution in [-0.4, -0.2) is 10.9 Å². The number of carbonyl (C=O) groups is 1. The molecule has 4 heteroatoms. The van der Waals surface area contributed by atoms with Crippen LogP contribution in [-0.2, 0) is 11.2 Å². The molecule has 0 unspecified atom stereocenters. The molecule has 1 aliphatic heterocycles. The molecule has 0 radical (unpaired) electrons. The molecule has 4 nitrogen and oxygen atoms in total. The first-order valence-electron chi connectivity index (χ1n) is 4.56. The van der Waals surface area contributed by atoms with Crippen molar-refractivity contribution >= 4 is 17.5 Å². The molecule has 0 fully saturated rings. The van der Waals surface area contributed by atoms with Crippen LogP contribution in [0.5, 0.6) is 0 Å². The summed E-state index contributed by atoms with van der Waals surface area (Å²) in [6.07, 6.45) is 0.710. The van der Waals surface area contributed by atoms with E-state index >= 15 is 0 Å². The van der Waals surface area contributed by atoms with Crippen LogP contribution in [0.25, 0.3) is 0 Å². The molecular weight excluding hydrogens is 178 g/mol. The lowest BCUT2D eigenvalue weighted by Crippen LogP contribution is -2.37. The monoisotopic (exact) mass is 191 g/mol. The van der Waals surface area contributed by atoms with Gasteiger partial charge in [0.25, 0.3) is 0 Å². The second kappa shape index (κ2) is 2.70. The number of amides is 1. The number of carbonyl (C=O) groups excluding carboxylic acids is 1. The normalized spacial score (nSPS) is 18.6. The minimum absolute atomic E-state index is 0.00287. The summed E-state index contributed by atoms with van der Waals surface area (Å²) in [5.74, 6) is 1.04. The molecule has 1 aliphatic rings. The van der Waals surface area contributed by atoms with Crippen LogP contribution in [0.3, 0.4) is 0 Å². The number of aromatic nitrogens is 1. The van der Waals surface area contributed by atoms with Crippen LogP contribution < -0.4 is 11.1 Å². The van der Waals surface area contributed by atoms with Crippen LogP contribution >= 0.6 is 0 Å². The van der Waals surface area contributed by atoms with Gasteiger partial charge in [-0.15, -0.1) is 0 Å². The number of hydrogen-bond donors (Lipinski definition) is 2. The summed E-state index contributed by atoms with van der Waals surface area (Å²) in [5, 5.41) is 2.76. The van der Waals surface area contributed by atoms with Crippen LogP contribution in [0.15, 0.2) is 12.1 Å². The quantitative estimate of drug-likeness (QED) is 0.647. The SMILES string of the molecule is CC1(C)Cc2ccc(N)nc2NC1=O. The lowest BCUT2D eigenvalue weighted by molar-refractivity contribution is -0.124. The predicted molar refractivity (Wildman–Crippen MR) is 54.8 cm³/mol. The van der Waals surface area contributed by atoms with E-state index in [9.17, 15) is 4.79 Å². The summed E-state index contributed by atoms with van der Waals surface area (Å²) in [5.41, 5.74) is 6.22. The summed E-state index contributed by atoms with van der Waals surface area (Å²) in [7, 11) is 0. The van der Waals surface area contributed by atoms with Crippen molar-refractivity contribution in [1.29, 1.82) is 0 Å². The molecule has 0 aromatic carbocycles. The average molecular weight is 191 g/mol. The Morgan fingerprint density at radius 3 is 2.93 bits per heavy atom. The van der Waals surface area contributed by atoms with Gasteiger partial charge in [0.05, 0.1) is 0 Å². The standard InChI is InChI=1S/C10H13N3O/c1-10(2)5-6-3-4-7(11)12-8(6)13-9(10)14/h3-4H,5H2,1-2H3,(H3,11,12,13,14). The smallest absolute Gasteiger partial charge is 0.231 e. The summed E-state index contributed by atoms with van der Waals surface area (Å²) < 4.78 is 0. The van der Waals surface area contributed by atoms with Gasteiger partial charge in [0.1, 0.15) is 11.6 Å². The predicted octanol–water partition coefficient (Wildman–Crippen LogP) is 1.18. The van der Waals surface area contributed by atoms with E-state index < -0.39 is 0 Å². The van der Waals surface area contributed by atoms with E-state index in [2.05, 4.69) is 10.3 Å². The molecule has 0 bridgehead atoms. The minimum atomic E-state index is -0.356. The topological polar surface area (TPSA) is 68.0 Å². The molecule has 1 aromatic heterocycles. The van der Waals surface area contributed by atoms with Crippen LogP contribution in [0.1, 0.15) is 19.4 Å². The van der Waals surface area contributed by atoms with Crippen molar-refractivity contribution in [3.05, 3.63) is 17.7 Å². The number of anilines is 2. The van der Waals surface area contributed by atoms with Crippen molar-refractivity contribution in [2.24, 2.45) is 5.41 Å². The molecule has 2 rings (SSSR count). The Balaban J connectivity index is 2.46. The fourth-order valence-corrected chi connectivity index (χ4v) is 1.59. The molecule has 1 aromatic rings. The fraction of sp³-hybridized carbons (Fsp3) is 0.400. The average Bonchev–Trinajstić information content (AvgIpc) is 2.08. The van der Waals surface area contributed by atoms with Crippen molar-refractivity contribution in [2.75, 3.05) is 11.1 Å². The second-order valence-electron chi connectivity index (χ2n) is 4.26. The molecule has 74 valence electrons. The van der Waals surface area contributed by atoms with Crippen molar-refractivity contribution in [2.45, 2.75) is 20.3 Å². The van der Waals surface area contributed by atoms with Gasteiger partial charge in [-0.3, -0.25) is 4.79 Å². The lowest BCUT2D eigenvalue weighted by atomic mass is 9.82. The molecule has 3 N–H and O–H groups in total. The maximum Gasteiger partial charge on any atom is 0.231 e. The first kappa shape index (κ1) is 8.99. The van der Waals surface area contributed by atoms with Gasteiger partial charge < -0.3 is 11.1 Å². The highest BCUT2D eigenvalue weighted by Gasteiger charge is 2.33. The number of rotatable bonds is 0. The Hall–Kier alpha value is -1.58. The number of nitrogens with one attached hydrogen (secondary N) is 1. The van der Waals surface area contributed by atoms with E-state index in [1.165, 1.54) is 0 Å². The summed E-state index contributed by atoms with van der Waals surface area (Å²) >= 11 is 0. The first-order chi connectivity index (χ1) is 6.49.